The highest BCUT2D eigenvalue weighted by molar-refractivity contribution is 5.40. The van der Waals surface area contributed by atoms with Crippen LogP contribution in [0.2, 0.25) is 0 Å². The first-order valence-electron chi connectivity index (χ1n) is 6.06. The third kappa shape index (κ3) is 2.25. The summed E-state index contributed by atoms with van der Waals surface area (Å²) in [5.41, 5.74) is 0.268. The van der Waals surface area contributed by atoms with Crippen molar-refractivity contribution in [1.29, 1.82) is 0 Å². The van der Waals surface area contributed by atoms with E-state index in [1.165, 1.54) is 0 Å². The van der Waals surface area contributed by atoms with Gasteiger partial charge in [-0.05, 0) is 38.3 Å². The Morgan fingerprint density at radius 3 is 2.56 bits per heavy atom. The molecule has 1 aromatic carbocycles. The molecule has 0 fully saturated rings. The van der Waals surface area contributed by atoms with Gasteiger partial charge in [-0.2, -0.15) is 0 Å². The lowest BCUT2D eigenvalue weighted by molar-refractivity contribution is -0.387. The van der Waals surface area contributed by atoms with Crippen molar-refractivity contribution in [2.75, 3.05) is 0 Å². The molecule has 0 spiro atoms. The van der Waals surface area contributed by atoms with E-state index in [1.54, 1.807) is 6.07 Å². The van der Waals surface area contributed by atoms with Gasteiger partial charge >= 0.3 is 0 Å². The highest BCUT2D eigenvalue weighted by Crippen LogP contribution is 2.19. The maximum Gasteiger partial charge on any atom is 0.299 e. The molecule has 0 saturated heterocycles. The summed E-state index contributed by atoms with van der Waals surface area (Å²) in [6, 6.07) is 3.63. The Bertz CT molecular complexity index is 618. The van der Waals surface area contributed by atoms with E-state index in [9.17, 15) is 10.1 Å². The highest BCUT2D eigenvalue weighted by atomic mass is 16.6. The number of hydrogen-bond acceptors (Lipinski definition) is 4. The number of fused-ring (bicyclic) bond motifs is 1. The molecule has 1 aliphatic heterocycles. The average Bonchev–Trinajstić information content (AvgIpc) is 2.50. The van der Waals surface area contributed by atoms with Crippen LogP contribution >= 0.6 is 0 Å². The lowest BCUT2D eigenvalue weighted by Crippen LogP contribution is -2.26. The second-order valence-electron chi connectivity index (χ2n) is 5.51. The SMILES string of the molecule is CC(C)Cc1ccc2c(c1[N+](=O)[O-])=NC(C)(C)N=2. The first kappa shape index (κ1) is 12.7. The maximum absolute atomic E-state index is 11.3. The molecule has 96 valence electrons. The molecule has 0 unspecified atom stereocenters. The Balaban J connectivity index is 2.71. The number of rotatable bonds is 3. The molecule has 0 radical (unpaired) electrons. The molecule has 2 rings (SSSR count). The standard InChI is InChI=1S/C13H17N3O2/c1-8(2)7-9-5-6-10-11(12(9)16(17)18)15-13(3,4)14-10/h5-6,8H,7H2,1-4H3. The van der Waals surface area contributed by atoms with Gasteiger partial charge in [0.15, 0.2) is 5.36 Å². The summed E-state index contributed by atoms with van der Waals surface area (Å²) in [5, 5.41) is 12.3. The summed E-state index contributed by atoms with van der Waals surface area (Å²) in [6.07, 6.45) is 0.680. The molecule has 0 aromatic heterocycles. The highest BCUT2D eigenvalue weighted by Gasteiger charge is 2.26. The molecule has 5 heteroatoms. The fourth-order valence-electron chi connectivity index (χ4n) is 2.21. The predicted octanol–water partition coefficient (Wildman–Crippen LogP) is 1.78. The van der Waals surface area contributed by atoms with Crippen molar-refractivity contribution in [2.24, 2.45) is 15.9 Å². The van der Waals surface area contributed by atoms with Crippen LogP contribution in [0.3, 0.4) is 0 Å². The van der Waals surface area contributed by atoms with Crippen LogP contribution in [-0.2, 0) is 6.42 Å². The van der Waals surface area contributed by atoms with E-state index in [0.717, 1.165) is 5.56 Å². The first-order chi connectivity index (χ1) is 8.30. The van der Waals surface area contributed by atoms with E-state index in [0.29, 0.717) is 23.1 Å². The summed E-state index contributed by atoms with van der Waals surface area (Å²) >= 11 is 0. The van der Waals surface area contributed by atoms with Gasteiger partial charge in [0, 0.05) is 5.56 Å². The van der Waals surface area contributed by atoms with Crippen molar-refractivity contribution in [2.45, 2.75) is 39.8 Å². The molecule has 0 saturated carbocycles. The Kier molecular flexibility index (Phi) is 2.92. The minimum atomic E-state index is -0.594. The van der Waals surface area contributed by atoms with Crippen LogP contribution in [0, 0.1) is 16.0 Å². The van der Waals surface area contributed by atoms with Crippen LogP contribution in [0.25, 0.3) is 0 Å². The fourth-order valence-corrected chi connectivity index (χ4v) is 2.21. The molecule has 1 aliphatic rings. The molecule has 1 heterocycles. The Labute approximate surface area is 105 Å². The third-order valence-corrected chi connectivity index (χ3v) is 2.80. The van der Waals surface area contributed by atoms with Gasteiger partial charge < -0.3 is 0 Å². The monoisotopic (exact) mass is 247 g/mol. The van der Waals surface area contributed by atoms with Crippen molar-refractivity contribution in [1.82, 2.24) is 0 Å². The summed E-state index contributed by atoms with van der Waals surface area (Å²) in [7, 11) is 0. The number of nitro benzene ring substituents is 1. The van der Waals surface area contributed by atoms with Gasteiger partial charge in [0.25, 0.3) is 5.69 Å². The van der Waals surface area contributed by atoms with Gasteiger partial charge in [-0.1, -0.05) is 13.8 Å². The van der Waals surface area contributed by atoms with Crippen LogP contribution in [0.4, 0.5) is 5.69 Å². The smallest absolute Gasteiger partial charge is 0.258 e. The van der Waals surface area contributed by atoms with E-state index in [-0.39, 0.29) is 10.6 Å². The molecule has 0 N–H and O–H groups in total. The normalized spacial score (nSPS) is 16.1. The number of benzene rings is 1. The molecule has 18 heavy (non-hydrogen) atoms. The predicted molar refractivity (Wildman–Crippen MR) is 68.0 cm³/mol. The van der Waals surface area contributed by atoms with Gasteiger partial charge in [-0.3, -0.25) is 15.1 Å². The van der Waals surface area contributed by atoms with Crippen LogP contribution in [0.15, 0.2) is 22.1 Å². The lowest BCUT2D eigenvalue weighted by Gasteiger charge is -2.07. The van der Waals surface area contributed by atoms with Crippen molar-refractivity contribution in [3.8, 4) is 0 Å². The van der Waals surface area contributed by atoms with Gasteiger partial charge in [-0.25, -0.2) is 4.99 Å². The zero-order chi connectivity index (χ0) is 13.5. The Morgan fingerprint density at radius 2 is 2.00 bits per heavy atom. The third-order valence-electron chi connectivity index (χ3n) is 2.80. The van der Waals surface area contributed by atoms with Crippen molar-refractivity contribution in [3.63, 3.8) is 0 Å². The van der Waals surface area contributed by atoms with E-state index in [4.69, 9.17) is 0 Å². The largest absolute Gasteiger partial charge is 0.299 e. The summed E-state index contributed by atoms with van der Waals surface area (Å²) in [6.45, 7) is 7.78. The van der Waals surface area contributed by atoms with Gasteiger partial charge in [0.05, 0.1) is 10.3 Å². The quantitative estimate of drug-likeness (QED) is 0.603. The second kappa shape index (κ2) is 4.15. The zero-order valence-corrected chi connectivity index (χ0v) is 11.1. The van der Waals surface area contributed by atoms with Crippen molar-refractivity contribution in [3.05, 3.63) is 38.5 Å². The van der Waals surface area contributed by atoms with E-state index in [2.05, 4.69) is 9.98 Å². The van der Waals surface area contributed by atoms with Crippen molar-refractivity contribution >= 4 is 5.69 Å². The van der Waals surface area contributed by atoms with Crippen LogP contribution in [0.1, 0.15) is 33.3 Å². The summed E-state index contributed by atoms with van der Waals surface area (Å²) in [4.78, 5) is 19.7. The molecule has 0 bridgehead atoms. The molecular weight excluding hydrogens is 230 g/mol. The zero-order valence-electron chi connectivity index (χ0n) is 11.1. The van der Waals surface area contributed by atoms with E-state index in [1.807, 2.05) is 33.8 Å². The van der Waals surface area contributed by atoms with Gasteiger partial charge in [0.2, 0.25) is 0 Å². The maximum atomic E-state index is 11.3. The molecule has 5 nitrogen and oxygen atoms in total. The van der Waals surface area contributed by atoms with E-state index >= 15 is 0 Å². The van der Waals surface area contributed by atoms with Gasteiger partial charge in [-0.15, -0.1) is 0 Å². The Hall–Kier alpha value is -1.78. The van der Waals surface area contributed by atoms with Gasteiger partial charge in [0.1, 0.15) is 5.66 Å². The summed E-state index contributed by atoms with van der Waals surface area (Å²) in [5.74, 6) is 0.369. The second-order valence-corrected chi connectivity index (χ2v) is 5.51. The number of nitro groups is 1. The molecule has 0 amide bonds. The van der Waals surface area contributed by atoms with Crippen molar-refractivity contribution < 1.29 is 4.92 Å². The summed E-state index contributed by atoms with van der Waals surface area (Å²) < 4.78 is 0. The van der Waals surface area contributed by atoms with Crippen LogP contribution in [0.5, 0.6) is 0 Å². The minimum Gasteiger partial charge on any atom is -0.258 e. The topological polar surface area (TPSA) is 67.9 Å². The van der Waals surface area contributed by atoms with Crippen LogP contribution in [-0.4, -0.2) is 10.6 Å². The van der Waals surface area contributed by atoms with Crippen LogP contribution < -0.4 is 10.7 Å². The lowest BCUT2D eigenvalue weighted by atomic mass is 10.0. The first-order valence-corrected chi connectivity index (χ1v) is 6.06. The average molecular weight is 247 g/mol. The molecular formula is C13H17N3O2. The molecule has 0 atom stereocenters. The van der Waals surface area contributed by atoms with E-state index < -0.39 is 5.66 Å². The number of hydrogen-bond donors (Lipinski definition) is 0. The fraction of sp³-hybridized carbons (Fsp3) is 0.538. The minimum absolute atomic E-state index is 0.121. The molecule has 0 aliphatic carbocycles. The number of nitrogens with zero attached hydrogens (tertiary/aromatic N) is 3. The Morgan fingerprint density at radius 1 is 1.33 bits per heavy atom. The molecule has 1 aromatic rings.